The van der Waals surface area contributed by atoms with Crippen LogP contribution in [0.4, 0.5) is 11.4 Å². The highest BCUT2D eigenvalue weighted by molar-refractivity contribution is 9.10. The van der Waals surface area contributed by atoms with E-state index in [1.54, 1.807) is 0 Å². The Labute approximate surface area is 132 Å². The van der Waals surface area contributed by atoms with Crippen molar-refractivity contribution in [3.63, 3.8) is 0 Å². The number of carbonyl (C=O) groups excluding carboxylic acids is 2. The van der Waals surface area contributed by atoms with Gasteiger partial charge in [0.05, 0.1) is 16.9 Å². The van der Waals surface area contributed by atoms with Crippen molar-refractivity contribution in [2.75, 3.05) is 11.9 Å². The van der Waals surface area contributed by atoms with Crippen LogP contribution in [-0.2, 0) is 9.53 Å². The van der Waals surface area contributed by atoms with Gasteiger partial charge in [-0.2, -0.15) is 0 Å². The average Bonchev–Trinajstić information content (AvgIpc) is 3.01. The van der Waals surface area contributed by atoms with Crippen LogP contribution in [-0.4, -0.2) is 23.4 Å². The maximum absolute atomic E-state index is 11.7. The molecule has 1 N–H and O–H groups in total. The van der Waals surface area contributed by atoms with Crippen molar-refractivity contribution >= 4 is 39.2 Å². The third-order valence-corrected chi connectivity index (χ3v) is 3.15. The Balaban J connectivity index is 1.92. The van der Waals surface area contributed by atoms with Crippen LogP contribution in [0.2, 0.25) is 0 Å². The van der Waals surface area contributed by atoms with Gasteiger partial charge in [-0.25, -0.2) is 4.79 Å². The van der Waals surface area contributed by atoms with Crippen molar-refractivity contribution in [2.24, 2.45) is 0 Å². The molecule has 8 nitrogen and oxygen atoms in total. The largest absolute Gasteiger partial charge is 0.457 e. The standard InChI is InChI=1S/C13H9BrN2O6/c14-9-6-8(16(19)20)3-4-10(9)15-12(17)7-22-13(18)11-2-1-5-21-11/h1-6H,7H2,(H,15,17). The van der Waals surface area contributed by atoms with E-state index >= 15 is 0 Å². The fraction of sp³-hybridized carbons (Fsp3) is 0.0769. The molecule has 2 aromatic rings. The minimum atomic E-state index is -0.761. The number of amides is 1. The van der Waals surface area contributed by atoms with Crippen LogP contribution in [0.5, 0.6) is 0 Å². The number of halogens is 1. The zero-order valence-corrected chi connectivity index (χ0v) is 12.5. The number of nitro benzene ring substituents is 1. The van der Waals surface area contributed by atoms with Crippen LogP contribution in [0.25, 0.3) is 0 Å². The molecule has 0 aliphatic heterocycles. The van der Waals surface area contributed by atoms with E-state index in [0.717, 1.165) is 0 Å². The molecular weight excluding hydrogens is 360 g/mol. The van der Waals surface area contributed by atoms with Crippen molar-refractivity contribution in [3.8, 4) is 0 Å². The summed E-state index contributed by atoms with van der Waals surface area (Å²) in [6, 6.07) is 6.80. The first kappa shape index (κ1) is 15.7. The zero-order chi connectivity index (χ0) is 16.1. The summed E-state index contributed by atoms with van der Waals surface area (Å²) >= 11 is 3.11. The van der Waals surface area contributed by atoms with Crippen LogP contribution < -0.4 is 5.32 Å². The van der Waals surface area contributed by atoms with E-state index in [1.807, 2.05) is 0 Å². The molecule has 2 rings (SSSR count). The number of hydrogen-bond donors (Lipinski definition) is 1. The molecule has 22 heavy (non-hydrogen) atoms. The van der Waals surface area contributed by atoms with Gasteiger partial charge in [0.25, 0.3) is 11.6 Å². The fourth-order valence-corrected chi connectivity index (χ4v) is 1.97. The van der Waals surface area contributed by atoms with Crippen LogP contribution in [0, 0.1) is 10.1 Å². The minimum Gasteiger partial charge on any atom is -0.457 e. The highest BCUT2D eigenvalue weighted by Gasteiger charge is 2.14. The molecule has 0 spiro atoms. The van der Waals surface area contributed by atoms with Gasteiger partial charge in [-0.1, -0.05) is 0 Å². The molecule has 1 aromatic carbocycles. The van der Waals surface area contributed by atoms with E-state index in [1.165, 1.54) is 36.6 Å². The van der Waals surface area contributed by atoms with E-state index in [2.05, 4.69) is 21.2 Å². The molecule has 0 aliphatic carbocycles. The zero-order valence-electron chi connectivity index (χ0n) is 10.9. The third-order valence-electron chi connectivity index (χ3n) is 2.49. The van der Waals surface area contributed by atoms with Crippen molar-refractivity contribution in [2.45, 2.75) is 0 Å². The smallest absolute Gasteiger partial charge is 0.374 e. The first-order chi connectivity index (χ1) is 10.5. The van der Waals surface area contributed by atoms with Crippen molar-refractivity contribution in [3.05, 3.63) is 56.9 Å². The first-order valence-corrected chi connectivity index (χ1v) is 6.71. The van der Waals surface area contributed by atoms with Gasteiger partial charge in [0, 0.05) is 16.6 Å². The van der Waals surface area contributed by atoms with Gasteiger partial charge in [-0.3, -0.25) is 14.9 Å². The monoisotopic (exact) mass is 368 g/mol. The number of benzene rings is 1. The molecule has 0 saturated heterocycles. The summed E-state index contributed by atoms with van der Waals surface area (Å²) in [5.74, 6) is -1.36. The molecule has 0 saturated carbocycles. The van der Waals surface area contributed by atoms with Gasteiger partial charge in [0.2, 0.25) is 5.76 Å². The lowest BCUT2D eigenvalue weighted by Crippen LogP contribution is -2.21. The molecule has 1 heterocycles. The van der Waals surface area contributed by atoms with E-state index in [-0.39, 0.29) is 11.4 Å². The molecule has 0 unspecified atom stereocenters. The van der Waals surface area contributed by atoms with Crippen LogP contribution in [0.1, 0.15) is 10.6 Å². The maximum atomic E-state index is 11.7. The molecule has 0 radical (unpaired) electrons. The predicted molar refractivity (Wildman–Crippen MR) is 78.4 cm³/mol. The summed E-state index contributed by atoms with van der Waals surface area (Å²) in [5, 5.41) is 13.1. The quantitative estimate of drug-likeness (QED) is 0.493. The Hall–Kier alpha value is -2.68. The van der Waals surface area contributed by atoms with Gasteiger partial charge < -0.3 is 14.5 Å². The number of furan rings is 1. The number of anilines is 1. The van der Waals surface area contributed by atoms with Gasteiger partial charge in [0.15, 0.2) is 6.61 Å². The first-order valence-electron chi connectivity index (χ1n) is 5.92. The Morgan fingerprint density at radius 2 is 2.14 bits per heavy atom. The van der Waals surface area contributed by atoms with Gasteiger partial charge in [-0.05, 0) is 34.1 Å². The van der Waals surface area contributed by atoms with Crippen molar-refractivity contribution < 1.29 is 23.7 Å². The van der Waals surface area contributed by atoms with E-state index in [9.17, 15) is 19.7 Å². The molecule has 0 fully saturated rings. The summed E-state index contributed by atoms with van der Waals surface area (Å²) in [6.07, 6.45) is 1.31. The van der Waals surface area contributed by atoms with Gasteiger partial charge in [-0.15, -0.1) is 0 Å². The number of non-ortho nitro benzene ring substituents is 1. The van der Waals surface area contributed by atoms with Crippen LogP contribution in [0.15, 0.2) is 45.5 Å². The molecular formula is C13H9BrN2O6. The number of rotatable bonds is 5. The number of esters is 1. The maximum Gasteiger partial charge on any atom is 0.374 e. The Kier molecular flexibility index (Phi) is 4.89. The second kappa shape index (κ2) is 6.85. The summed E-state index contributed by atoms with van der Waals surface area (Å²) < 4.78 is 9.92. The summed E-state index contributed by atoms with van der Waals surface area (Å²) in [6.45, 7) is -0.511. The van der Waals surface area contributed by atoms with Gasteiger partial charge >= 0.3 is 5.97 Å². The van der Waals surface area contributed by atoms with Crippen molar-refractivity contribution in [1.82, 2.24) is 0 Å². The molecule has 0 atom stereocenters. The average molecular weight is 369 g/mol. The highest BCUT2D eigenvalue weighted by Crippen LogP contribution is 2.26. The van der Waals surface area contributed by atoms with Crippen molar-refractivity contribution in [1.29, 1.82) is 0 Å². The lowest BCUT2D eigenvalue weighted by Gasteiger charge is -2.07. The lowest BCUT2D eigenvalue weighted by molar-refractivity contribution is -0.384. The van der Waals surface area contributed by atoms with E-state index < -0.39 is 23.4 Å². The third kappa shape index (κ3) is 3.92. The second-order valence-corrected chi connectivity index (χ2v) is 4.88. The SMILES string of the molecule is O=C(COC(=O)c1ccco1)Nc1ccc([N+](=O)[O-])cc1Br. The second-order valence-electron chi connectivity index (χ2n) is 4.02. The van der Waals surface area contributed by atoms with E-state index in [0.29, 0.717) is 10.2 Å². The predicted octanol–water partition coefficient (Wildman–Crippen LogP) is 2.75. The number of carbonyl (C=O) groups is 2. The molecule has 9 heteroatoms. The van der Waals surface area contributed by atoms with E-state index in [4.69, 9.17) is 9.15 Å². The minimum absolute atomic E-state index is 0.00989. The molecule has 1 amide bonds. The van der Waals surface area contributed by atoms with Crippen LogP contribution >= 0.6 is 15.9 Å². The summed E-state index contributed by atoms with van der Waals surface area (Å²) in [7, 11) is 0. The Morgan fingerprint density at radius 3 is 2.73 bits per heavy atom. The fourth-order valence-electron chi connectivity index (χ4n) is 1.50. The molecule has 0 bridgehead atoms. The normalized spacial score (nSPS) is 10.0. The molecule has 0 aliphatic rings. The highest BCUT2D eigenvalue weighted by atomic mass is 79.9. The lowest BCUT2D eigenvalue weighted by atomic mass is 10.3. The van der Waals surface area contributed by atoms with Gasteiger partial charge in [0.1, 0.15) is 0 Å². The summed E-state index contributed by atoms with van der Waals surface area (Å²) in [5.41, 5.74) is 0.207. The number of nitrogens with one attached hydrogen (secondary N) is 1. The Bertz CT molecular complexity index is 713. The number of nitrogens with zero attached hydrogens (tertiary/aromatic N) is 1. The molecule has 114 valence electrons. The number of nitro groups is 1. The number of ether oxygens (including phenoxy) is 1. The topological polar surface area (TPSA) is 112 Å². The molecule has 1 aromatic heterocycles. The van der Waals surface area contributed by atoms with Crippen LogP contribution in [0.3, 0.4) is 0 Å². The summed E-state index contributed by atoms with van der Waals surface area (Å²) in [4.78, 5) is 33.2. The number of hydrogen-bond acceptors (Lipinski definition) is 6. The Morgan fingerprint density at radius 1 is 1.36 bits per heavy atom.